The molecule has 0 amide bonds. The molecule has 1 aromatic heterocycles. The molecule has 7 heteroatoms. The predicted octanol–water partition coefficient (Wildman–Crippen LogP) is 2.70. The van der Waals surface area contributed by atoms with Crippen molar-refractivity contribution in [3.8, 4) is 0 Å². The van der Waals surface area contributed by atoms with Crippen LogP contribution in [0.3, 0.4) is 0 Å². The molecule has 0 aliphatic carbocycles. The summed E-state index contributed by atoms with van der Waals surface area (Å²) in [4.78, 5) is 0. The van der Waals surface area contributed by atoms with Gasteiger partial charge in [0, 0.05) is 0 Å². The molecule has 23 heavy (non-hydrogen) atoms. The molecule has 1 aliphatic heterocycles. The second-order valence-electron chi connectivity index (χ2n) is 5.38. The molecule has 1 saturated heterocycles. The number of hydrazone groups is 1. The SMILES string of the molecule is Cc1nn(Cc2ccc(F)cc2)c(Cl)c1C=NN1CCOCC1. The van der Waals surface area contributed by atoms with E-state index in [9.17, 15) is 4.39 Å². The average Bonchev–Trinajstić information content (AvgIpc) is 2.82. The zero-order chi connectivity index (χ0) is 16.2. The first-order valence-electron chi connectivity index (χ1n) is 7.47. The fourth-order valence-corrected chi connectivity index (χ4v) is 2.67. The molecular formula is C16H18ClFN4O. The van der Waals surface area contributed by atoms with Crippen molar-refractivity contribution in [2.45, 2.75) is 13.5 Å². The highest BCUT2D eigenvalue weighted by molar-refractivity contribution is 6.32. The Morgan fingerprint density at radius 1 is 1.30 bits per heavy atom. The molecule has 0 N–H and O–H groups in total. The number of aryl methyl sites for hydroxylation is 1. The number of ether oxygens (including phenoxy) is 1. The van der Waals surface area contributed by atoms with Gasteiger partial charge in [0.25, 0.3) is 0 Å². The monoisotopic (exact) mass is 336 g/mol. The van der Waals surface area contributed by atoms with Gasteiger partial charge in [0.15, 0.2) is 0 Å². The molecule has 3 rings (SSSR count). The van der Waals surface area contributed by atoms with Crippen LogP contribution in [0.4, 0.5) is 4.39 Å². The van der Waals surface area contributed by atoms with E-state index in [-0.39, 0.29) is 5.82 Å². The van der Waals surface area contributed by atoms with E-state index < -0.39 is 0 Å². The Labute approximate surface area is 139 Å². The van der Waals surface area contributed by atoms with Crippen molar-refractivity contribution >= 4 is 17.8 Å². The highest BCUT2D eigenvalue weighted by atomic mass is 35.5. The Kier molecular flexibility index (Phi) is 4.93. The molecule has 0 unspecified atom stereocenters. The Morgan fingerprint density at radius 3 is 2.70 bits per heavy atom. The summed E-state index contributed by atoms with van der Waals surface area (Å²) in [5.74, 6) is -0.255. The first-order chi connectivity index (χ1) is 11.1. The van der Waals surface area contributed by atoms with E-state index in [1.807, 2.05) is 11.9 Å². The molecule has 2 aromatic rings. The molecule has 0 saturated carbocycles. The summed E-state index contributed by atoms with van der Waals surface area (Å²) in [5, 5.41) is 11.4. The van der Waals surface area contributed by atoms with Gasteiger partial charge in [-0.05, 0) is 24.6 Å². The van der Waals surface area contributed by atoms with E-state index in [1.54, 1.807) is 23.0 Å². The molecule has 1 aromatic carbocycles. The second kappa shape index (κ2) is 7.10. The van der Waals surface area contributed by atoms with Crippen LogP contribution in [0.15, 0.2) is 29.4 Å². The molecular weight excluding hydrogens is 319 g/mol. The summed E-state index contributed by atoms with van der Waals surface area (Å²) in [7, 11) is 0. The normalized spacial score (nSPS) is 15.5. The van der Waals surface area contributed by atoms with E-state index in [0.29, 0.717) is 24.9 Å². The number of morpholine rings is 1. The maximum atomic E-state index is 13.0. The van der Waals surface area contributed by atoms with Crippen LogP contribution in [0.5, 0.6) is 0 Å². The number of halogens is 2. The third kappa shape index (κ3) is 3.89. The summed E-state index contributed by atoms with van der Waals surface area (Å²) in [6, 6.07) is 6.31. The molecule has 2 heterocycles. The van der Waals surface area contributed by atoms with Crippen molar-refractivity contribution in [3.63, 3.8) is 0 Å². The van der Waals surface area contributed by atoms with Crippen molar-refractivity contribution in [1.82, 2.24) is 14.8 Å². The van der Waals surface area contributed by atoms with Gasteiger partial charge in [0.05, 0.1) is 50.3 Å². The van der Waals surface area contributed by atoms with Gasteiger partial charge in [-0.25, -0.2) is 9.07 Å². The lowest BCUT2D eigenvalue weighted by atomic mass is 10.2. The zero-order valence-corrected chi connectivity index (χ0v) is 13.6. The number of nitrogens with zero attached hydrogens (tertiary/aromatic N) is 4. The average molecular weight is 337 g/mol. The fraction of sp³-hybridized carbons (Fsp3) is 0.375. The van der Waals surface area contributed by atoms with Crippen LogP contribution in [0, 0.1) is 12.7 Å². The first kappa shape index (κ1) is 16.0. The summed E-state index contributed by atoms with van der Waals surface area (Å²) >= 11 is 6.42. The van der Waals surface area contributed by atoms with Crippen molar-refractivity contribution in [1.29, 1.82) is 0 Å². The highest BCUT2D eigenvalue weighted by Gasteiger charge is 2.13. The van der Waals surface area contributed by atoms with Gasteiger partial charge in [-0.3, -0.25) is 5.01 Å². The van der Waals surface area contributed by atoms with Gasteiger partial charge in [-0.2, -0.15) is 10.2 Å². The Morgan fingerprint density at radius 2 is 2.00 bits per heavy atom. The molecule has 0 radical (unpaired) electrons. The summed E-state index contributed by atoms with van der Waals surface area (Å²) < 4.78 is 20.0. The fourth-order valence-electron chi connectivity index (χ4n) is 2.39. The zero-order valence-electron chi connectivity index (χ0n) is 12.9. The minimum atomic E-state index is -0.255. The van der Waals surface area contributed by atoms with Crippen LogP contribution in [-0.2, 0) is 11.3 Å². The number of rotatable bonds is 4. The second-order valence-corrected chi connectivity index (χ2v) is 5.74. The molecule has 0 spiro atoms. The Bertz CT molecular complexity index is 693. The molecule has 5 nitrogen and oxygen atoms in total. The highest BCUT2D eigenvalue weighted by Crippen LogP contribution is 2.19. The minimum Gasteiger partial charge on any atom is -0.378 e. The Hall–Kier alpha value is -1.92. The summed E-state index contributed by atoms with van der Waals surface area (Å²) in [6.07, 6.45) is 1.75. The van der Waals surface area contributed by atoms with E-state index in [0.717, 1.165) is 29.9 Å². The minimum absolute atomic E-state index is 0.255. The van der Waals surface area contributed by atoms with Crippen LogP contribution in [0.25, 0.3) is 0 Å². The van der Waals surface area contributed by atoms with Crippen LogP contribution in [-0.4, -0.2) is 47.3 Å². The van der Waals surface area contributed by atoms with Crippen molar-refractivity contribution in [3.05, 3.63) is 52.1 Å². The molecule has 1 fully saturated rings. The maximum Gasteiger partial charge on any atom is 0.136 e. The predicted molar refractivity (Wildman–Crippen MR) is 87.5 cm³/mol. The lowest BCUT2D eigenvalue weighted by Crippen LogP contribution is -2.32. The number of benzene rings is 1. The van der Waals surface area contributed by atoms with E-state index in [2.05, 4.69) is 10.2 Å². The van der Waals surface area contributed by atoms with Crippen LogP contribution < -0.4 is 0 Å². The van der Waals surface area contributed by atoms with Crippen LogP contribution in [0.2, 0.25) is 5.15 Å². The smallest absolute Gasteiger partial charge is 0.136 e. The largest absolute Gasteiger partial charge is 0.378 e. The van der Waals surface area contributed by atoms with E-state index in [4.69, 9.17) is 16.3 Å². The Balaban J connectivity index is 1.75. The molecule has 122 valence electrons. The lowest BCUT2D eigenvalue weighted by Gasteiger charge is -2.23. The third-order valence-corrected chi connectivity index (χ3v) is 4.09. The van der Waals surface area contributed by atoms with Crippen LogP contribution >= 0.6 is 11.6 Å². The van der Waals surface area contributed by atoms with Crippen LogP contribution in [0.1, 0.15) is 16.8 Å². The number of aromatic nitrogens is 2. The van der Waals surface area contributed by atoms with Gasteiger partial charge in [-0.1, -0.05) is 23.7 Å². The molecule has 0 bridgehead atoms. The number of hydrogen-bond acceptors (Lipinski definition) is 4. The van der Waals surface area contributed by atoms with Gasteiger partial charge >= 0.3 is 0 Å². The lowest BCUT2D eigenvalue weighted by molar-refractivity contribution is 0.0397. The van der Waals surface area contributed by atoms with Gasteiger partial charge < -0.3 is 4.74 Å². The van der Waals surface area contributed by atoms with E-state index >= 15 is 0 Å². The van der Waals surface area contributed by atoms with Crippen molar-refractivity contribution < 1.29 is 9.13 Å². The standard InChI is InChI=1S/C16H18ClFN4O/c1-12-15(10-19-21-6-8-23-9-7-21)16(17)22(20-12)11-13-2-4-14(18)5-3-13/h2-5,10H,6-9,11H2,1H3. The van der Waals surface area contributed by atoms with Crippen molar-refractivity contribution in [2.75, 3.05) is 26.3 Å². The van der Waals surface area contributed by atoms with E-state index in [1.165, 1.54) is 12.1 Å². The summed E-state index contributed by atoms with van der Waals surface area (Å²) in [5.41, 5.74) is 2.56. The molecule has 1 aliphatic rings. The number of hydrogen-bond donors (Lipinski definition) is 0. The first-order valence-corrected chi connectivity index (χ1v) is 7.85. The molecule has 0 atom stereocenters. The van der Waals surface area contributed by atoms with Gasteiger partial charge in [0.2, 0.25) is 0 Å². The topological polar surface area (TPSA) is 42.7 Å². The van der Waals surface area contributed by atoms with Crippen molar-refractivity contribution in [2.24, 2.45) is 5.10 Å². The van der Waals surface area contributed by atoms with Gasteiger partial charge in [0.1, 0.15) is 11.0 Å². The van der Waals surface area contributed by atoms with Gasteiger partial charge in [-0.15, -0.1) is 0 Å². The maximum absolute atomic E-state index is 13.0. The summed E-state index contributed by atoms with van der Waals surface area (Å²) in [6.45, 7) is 5.31. The quantitative estimate of drug-likeness (QED) is 0.806. The third-order valence-electron chi connectivity index (χ3n) is 3.69.